The van der Waals surface area contributed by atoms with Gasteiger partial charge in [0.05, 0.1) is 0 Å². The molecular formula is C14H17N5O2S. The van der Waals surface area contributed by atoms with E-state index in [0.717, 1.165) is 13.0 Å². The van der Waals surface area contributed by atoms with Gasteiger partial charge in [0.15, 0.2) is 5.13 Å². The number of nitrogens with one attached hydrogen (secondary N) is 2. The monoisotopic (exact) mass is 319 g/mol. The van der Waals surface area contributed by atoms with Crippen molar-refractivity contribution in [1.82, 2.24) is 15.2 Å². The van der Waals surface area contributed by atoms with E-state index in [4.69, 9.17) is 5.26 Å². The van der Waals surface area contributed by atoms with E-state index >= 15 is 0 Å². The van der Waals surface area contributed by atoms with Crippen molar-refractivity contribution in [3.8, 4) is 6.07 Å². The number of amides is 2. The lowest BCUT2D eigenvalue weighted by atomic mass is 10.3. The highest BCUT2D eigenvalue weighted by molar-refractivity contribution is 7.13. The van der Waals surface area contributed by atoms with Gasteiger partial charge in [-0.25, -0.2) is 4.98 Å². The molecule has 1 aromatic rings. The lowest BCUT2D eigenvalue weighted by molar-refractivity contribution is -0.127. The third kappa shape index (κ3) is 4.56. The Morgan fingerprint density at radius 3 is 3.09 bits per heavy atom. The summed E-state index contributed by atoms with van der Waals surface area (Å²) in [4.78, 5) is 29.1. The van der Waals surface area contributed by atoms with Gasteiger partial charge in [-0.3, -0.25) is 9.59 Å². The summed E-state index contributed by atoms with van der Waals surface area (Å²) in [6.45, 7) is 1.87. The molecule has 1 saturated heterocycles. The van der Waals surface area contributed by atoms with Gasteiger partial charge in [0.2, 0.25) is 5.91 Å². The van der Waals surface area contributed by atoms with E-state index in [2.05, 4.69) is 15.6 Å². The summed E-state index contributed by atoms with van der Waals surface area (Å²) in [7, 11) is 0. The first-order valence-corrected chi connectivity index (χ1v) is 7.91. The zero-order valence-electron chi connectivity index (χ0n) is 12.0. The van der Waals surface area contributed by atoms with Crippen LogP contribution in [0.2, 0.25) is 0 Å². The molecule has 0 spiro atoms. The van der Waals surface area contributed by atoms with Crippen molar-refractivity contribution in [1.29, 1.82) is 5.26 Å². The van der Waals surface area contributed by atoms with E-state index in [0.29, 0.717) is 31.1 Å². The number of hydrogen-bond acceptors (Lipinski definition) is 6. The van der Waals surface area contributed by atoms with E-state index in [1.54, 1.807) is 16.5 Å². The van der Waals surface area contributed by atoms with E-state index < -0.39 is 5.91 Å². The molecule has 22 heavy (non-hydrogen) atoms. The van der Waals surface area contributed by atoms with Gasteiger partial charge in [-0.1, -0.05) is 0 Å². The standard InChI is InChI=1S/C14H17N5O2S/c15-9-11(10-18-14-17-5-8-22-14)13(21)16-4-2-7-19-6-1-3-12(19)20/h5,8,10H,1-4,6-7H2,(H,16,21)(H,17,18)/b11-10-. The average molecular weight is 319 g/mol. The number of hydrogen-bond donors (Lipinski definition) is 2. The molecule has 1 aliphatic heterocycles. The molecule has 0 atom stereocenters. The number of likely N-dealkylation sites (tertiary alicyclic amines) is 1. The summed E-state index contributed by atoms with van der Waals surface area (Å²) in [5.41, 5.74) is -0.00699. The molecule has 2 rings (SSSR count). The Morgan fingerprint density at radius 2 is 2.45 bits per heavy atom. The first-order chi connectivity index (χ1) is 10.7. The molecule has 7 nitrogen and oxygen atoms in total. The molecule has 1 fully saturated rings. The molecular weight excluding hydrogens is 302 g/mol. The Balaban J connectivity index is 1.71. The van der Waals surface area contributed by atoms with Crippen molar-refractivity contribution in [2.24, 2.45) is 0 Å². The Hall–Kier alpha value is -2.40. The summed E-state index contributed by atoms with van der Waals surface area (Å²) in [5.74, 6) is -0.254. The van der Waals surface area contributed by atoms with Gasteiger partial charge in [0.25, 0.3) is 5.91 Å². The Bertz CT molecular complexity index is 591. The molecule has 1 aliphatic rings. The maximum atomic E-state index is 11.9. The molecule has 8 heteroatoms. The summed E-state index contributed by atoms with van der Waals surface area (Å²) in [6.07, 6.45) is 5.19. The van der Waals surface area contributed by atoms with Crippen molar-refractivity contribution in [2.75, 3.05) is 25.0 Å². The van der Waals surface area contributed by atoms with Crippen LogP contribution < -0.4 is 10.6 Å². The molecule has 0 aliphatic carbocycles. The predicted octanol–water partition coefficient (Wildman–Crippen LogP) is 1.09. The van der Waals surface area contributed by atoms with Gasteiger partial charge in [0.1, 0.15) is 11.6 Å². The summed E-state index contributed by atoms with van der Waals surface area (Å²) >= 11 is 1.38. The van der Waals surface area contributed by atoms with E-state index in [9.17, 15) is 9.59 Å². The second kappa shape index (κ2) is 8.14. The second-order valence-corrected chi connectivity index (χ2v) is 5.64. The lowest BCUT2D eigenvalue weighted by Crippen LogP contribution is -2.31. The van der Waals surface area contributed by atoms with Crippen LogP contribution in [0.1, 0.15) is 19.3 Å². The van der Waals surface area contributed by atoms with E-state index in [1.165, 1.54) is 17.5 Å². The zero-order valence-corrected chi connectivity index (χ0v) is 12.9. The molecule has 0 unspecified atom stereocenters. The van der Waals surface area contributed by atoms with Crippen LogP contribution in [-0.2, 0) is 9.59 Å². The molecule has 0 bridgehead atoms. The second-order valence-electron chi connectivity index (χ2n) is 4.75. The number of carbonyl (C=O) groups is 2. The number of anilines is 1. The smallest absolute Gasteiger partial charge is 0.263 e. The lowest BCUT2D eigenvalue weighted by Gasteiger charge is -2.15. The Labute approximate surface area is 132 Å². The van der Waals surface area contributed by atoms with Crippen molar-refractivity contribution in [2.45, 2.75) is 19.3 Å². The van der Waals surface area contributed by atoms with Crippen LogP contribution in [0.4, 0.5) is 5.13 Å². The molecule has 2 N–H and O–H groups in total. The highest BCUT2D eigenvalue weighted by atomic mass is 32.1. The summed E-state index contributed by atoms with van der Waals surface area (Å²) in [5, 5.41) is 16.9. The fourth-order valence-electron chi connectivity index (χ4n) is 2.08. The van der Waals surface area contributed by atoms with Crippen LogP contribution in [0.5, 0.6) is 0 Å². The van der Waals surface area contributed by atoms with Crippen LogP contribution in [0.15, 0.2) is 23.3 Å². The SMILES string of the molecule is N#C/C(=C/Nc1nccs1)C(=O)NCCCN1CCCC1=O. The van der Waals surface area contributed by atoms with E-state index in [-0.39, 0.29) is 11.5 Å². The Morgan fingerprint density at radius 1 is 1.59 bits per heavy atom. The zero-order chi connectivity index (χ0) is 15.8. The predicted molar refractivity (Wildman–Crippen MR) is 82.9 cm³/mol. The first kappa shape index (κ1) is 16.0. The summed E-state index contributed by atoms with van der Waals surface area (Å²) < 4.78 is 0. The third-order valence-electron chi connectivity index (χ3n) is 3.20. The minimum absolute atomic E-state index is 0.00699. The topological polar surface area (TPSA) is 98.1 Å². The van der Waals surface area contributed by atoms with Gasteiger partial charge < -0.3 is 15.5 Å². The summed E-state index contributed by atoms with van der Waals surface area (Å²) in [6, 6.07) is 1.85. The largest absolute Gasteiger partial charge is 0.351 e. The fourth-order valence-corrected chi connectivity index (χ4v) is 2.58. The number of nitrogens with zero attached hydrogens (tertiary/aromatic N) is 3. The minimum atomic E-state index is -0.431. The van der Waals surface area contributed by atoms with Gasteiger partial charge in [-0.15, -0.1) is 11.3 Å². The highest BCUT2D eigenvalue weighted by Gasteiger charge is 2.19. The first-order valence-electron chi connectivity index (χ1n) is 7.03. The van der Waals surface area contributed by atoms with Crippen molar-refractivity contribution >= 4 is 28.3 Å². The number of aromatic nitrogens is 1. The van der Waals surface area contributed by atoms with Crippen LogP contribution >= 0.6 is 11.3 Å². The van der Waals surface area contributed by atoms with Crippen molar-refractivity contribution < 1.29 is 9.59 Å². The maximum absolute atomic E-state index is 11.9. The van der Waals surface area contributed by atoms with Crippen LogP contribution in [0.25, 0.3) is 0 Å². The van der Waals surface area contributed by atoms with Gasteiger partial charge in [-0.05, 0) is 12.8 Å². The molecule has 116 valence electrons. The number of thiazole rings is 1. The van der Waals surface area contributed by atoms with Gasteiger partial charge in [-0.2, -0.15) is 5.26 Å². The van der Waals surface area contributed by atoms with Crippen molar-refractivity contribution in [3.05, 3.63) is 23.3 Å². The number of carbonyl (C=O) groups excluding carboxylic acids is 2. The molecule has 0 radical (unpaired) electrons. The van der Waals surface area contributed by atoms with E-state index in [1.807, 2.05) is 6.07 Å². The average Bonchev–Trinajstić information content (AvgIpc) is 3.16. The minimum Gasteiger partial charge on any atom is -0.351 e. The number of nitriles is 1. The normalized spacial score (nSPS) is 14.8. The molecule has 0 aromatic carbocycles. The fraction of sp³-hybridized carbons (Fsp3) is 0.429. The third-order valence-corrected chi connectivity index (χ3v) is 3.90. The maximum Gasteiger partial charge on any atom is 0.263 e. The highest BCUT2D eigenvalue weighted by Crippen LogP contribution is 2.11. The molecule has 1 aromatic heterocycles. The quantitative estimate of drug-likeness (QED) is 0.445. The van der Waals surface area contributed by atoms with Crippen LogP contribution in [0.3, 0.4) is 0 Å². The van der Waals surface area contributed by atoms with Gasteiger partial charge >= 0.3 is 0 Å². The van der Waals surface area contributed by atoms with Crippen LogP contribution in [-0.4, -0.2) is 41.3 Å². The van der Waals surface area contributed by atoms with Gasteiger partial charge in [0, 0.05) is 43.8 Å². The van der Waals surface area contributed by atoms with Crippen molar-refractivity contribution in [3.63, 3.8) is 0 Å². The number of rotatable bonds is 7. The molecule has 2 amide bonds. The van der Waals surface area contributed by atoms with Crippen LogP contribution in [0, 0.1) is 11.3 Å². The molecule has 2 heterocycles. The molecule has 0 saturated carbocycles. The Kier molecular flexibility index (Phi) is 5.91.